The van der Waals surface area contributed by atoms with Gasteiger partial charge in [-0.3, -0.25) is 4.90 Å². The summed E-state index contributed by atoms with van der Waals surface area (Å²) < 4.78 is 0. The van der Waals surface area contributed by atoms with Gasteiger partial charge in [0.2, 0.25) is 0 Å². The summed E-state index contributed by atoms with van der Waals surface area (Å²) >= 11 is 0. The van der Waals surface area contributed by atoms with E-state index in [1.807, 2.05) is 18.2 Å². The lowest BCUT2D eigenvalue weighted by Crippen LogP contribution is -2.23. The molecule has 0 saturated carbocycles. The molecule has 0 unspecified atom stereocenters. The van der Waals surface area contributed by atoms with Crippen LogP contribution in [0.15, 0.2) is 24.3 Å². The van der Waals surface area contributed by atoms with Crippen LogP contribution in [-0.4, -0.2) is 23.1 Å². The Bertz CT molecular complexity index is 273. The average Bonchev–Trinajstić information content (AvgIpc) is 2.20. The van der Waals surface area contributed by atoms with Crippen molar-refractivity contribution in [2.45, 2.75) is 26.8 Å². The van der Waals surface area contributed by atoms with Crippen LogP contribution in [0.5, 0.6) is 5.75 Å². The van der Waals surface area contributed by atoms with E-state index in [4.69, 9.17) is 0 Å². The van der Waals surface area contributed by atoms with Gasteiger partial charge < -0.3 is 5.11 Å². The summed E-state index contributed by atoms with van der Waals surface area (Å²) in [6, 6.07) is 7.55. The lowest BCUT2D eigenvalue weighted by Gasteiger charge is -2.19. The standard InChI is InChI=1S/C12H19NO/c1-3-9-13(4-2)10-11-7-5-6-8-12(11)14/h5-8,14H,3-4,9-10H2,1-2H3. The highest BCUT2D eigenvalue weighted by Crippen LogP contribution is 2.17. The number of hydrogen-bond acceptors (Lipinski definition) is 2. The van der Waals surface area contributed by atoms with Crippen molar-refractivity contribution in [2.75, 3.05) is 13.1 Å². The molecular formula is C12H19NO. The summed E-state index contributed by atoms with van der Waals surface area (Å²) in [5.41, 5.74) is 1.02. The third-order valence-corrected chi connectivity index (χ3v) is 2.37. The van der Waals surface area contributed by atoms with E-state index in [-0.39, 0.29) is 0 Å². The first-order valence-electron chi connectivity index (χ1n) is 5.27. The van der Waals surface area contributed by atoms with Crippen molar-refractivity contribution in [3.63, 3.8) is 0 Å². The minimum atomic E-state index is 0.405. The van der Waals surface area contributed by atoms with Gasteiger partial charge in [-0.1, -0.05) is 32.0 Å². The maximum atomic E-state index is 9.60. The molecule has 2 heteroatoms. The summed E-state index contributed by atoms with van der Waals surface area (Å²) in [5.74, 6) is 0.405. The maximum absolute atomic E-state index is 9.60. The molecule has 1 aromatic carbocycles. The van der Waals surface area contributed by atoms with Gasteiger partial charge in [-0.25, -0.2) is 0 Å². The Balaban J connectivity index is 2.62. The van der Waals surface area contributed by atoms with E-state index in [2.05, 4.69) is 18.7 Å². The summed E-state index contributed by atoms with van der Waals surface area (Å²) in [6.07, 6.45) is 1.15. The van der Waals surface area contributed by atoms with Crippen molar-refractivity contribution in [2.24, 2.45) is 0 Å². The molecule has 1 aromatic rings. The minimum absolute atomic E-state index is 0.405. The molecule has 0 aliphatic rings. The Hall–Kier alpha value is -1.02. The minimum Gasteiger partial charge on any atom is -0.508 e. The fourth-order valence-electron chi connectivity index (χ4n) is 1.55. The average molecular weight is 193 g/mol. The van der Waals surface area contributed by atoms with E-state index >= 15 is 0 Å². The number of hydrogen-bond donors (Lipinski definition) is 1. The van der Waals surface area contributed by atoms with E-state index in [0.717, 1.165) is 31.6 Å². The normalized spacial score (nSPS) is 10.8. The summed E-state index contributed by atoms with van der Waals surface area (Å²) in [4.78, 5) is 2.33. The zero-order chi connectivity index (χ0) is 10.4. The predicted molar refractivity (Wildman–Crippen MR) is 59.3 cm³/mol. The zero-order valence-electron chi connectivity index (χ0n) is 9.03. The Labute approximate surface area is 86.2 Å². The quantitative estimate of drug-likeness (QED) is 0.777. The molecule has 78 valence electrons. The first kappa shape index (κ1) is 11.1. The highest BCUT2D eigenvalue weighted by Gasteiger charge is 2.05. The van der Waals surface area contributed by atoms with Gasteiger partial charge in [0.15, 0.2) is 0 Å². The first-order chi connectivity index (χ1) is 6.77. The number of benzene rings is 1. The Morgan fingerprint density at radius 3 is 2.50 bits per heavy atom. The summed E-state index contributed by atoms with van der Waals surface area (Å²) in [7, 11) is 0. The second kappa shape index (κ2) is 5.66. The van der Waals surface area contributed by atoms with Crippen LogP contribution in [0.25, 0.3) is 0 Å². The Kier molecular flexibility index (Phi) is 4.47. The van der Waals surface area contributed by atoms with Crippen LogP contribution in [0, 0.1) is 0 Å². The van der Waals surface area contributed by atoms with Crippen LogP contribution in [0.4, 0.5) is 0 Å². The second-order valence-electron chi connectivity index (χ2n) is 3.50. The van der Waals surface area contributed by atoms with E-state index < -0.39 is 0 Å². The molecule has 0 spiro atoms. The number of para-hydroxylation sites is 1. The van der Waals surface area contributed by atoms with Gasteiger partial charge in [0, 0.05) is 12.1 Å². The fourth-order valence-corrected chi connectivity index (χ4v) is 1.55. The molecule has 1 rings (SSSR count). The van der Waals surface area contributed by atoms with Crippen molar-refractivity contribution in [1.82, 2.24) is 4.90 Å². The predicted octanol–water partition coefficient (Wildman–Crippen LogP) is 2.62. The van der Waals surface area contributed by atoms with Gasteiger partial charge >= 0.3 is 0 Å². The number of phenols is 1. The molecule has 0 aromatic heterocycles. The van der Waals surface area contributed by atoms with E-state index in [0.29, 0.717) is 5.75 Å². The molecular weight excluding hydrogens is 174 g/mol. The number of phenolic OH excluding ortho intramolecular Hbond substituents is 1. The molecule has 0 aliphatic carbocycles. The smallest absolute Gasteiger partial charge is 0.120 e. The van der Waals surface area contributed by atoms with Crippen LogP contribution in [0.1, 0.15) is 25.8 Å². The SMILES string of the molecule is CCCN(CC)Cc1ccccc1O. The fraction of sp³-hybridized carbons (Fsp3) is 0.500. The van der Waals surface area contributed by atoms with Crippen molar-refractivity contribution >= 4 is 0 Å². The molecule has 0 atom stereocenters. The molecule has 0 heterocycles. The van der Waals surface area contributed by atoms with Crippen LogP contribution < -0.4 is 0 Å². The van der Waals surface area contributed by atoms with Gasteiger partial charge in [0.1, 0.15) is 5.75 Å². The van der Waals surface area contributed by atoms with Crippen LogP contribution in [0.3, 0.4) is 0 Å². The van der Waals surface area contributed by atoms with Gasteiger partial charge in [-0.05, 0) is 25.6 Å². The first-order valence-corrected chi connectivity index (χ1v) is 5.27. The second-order valence-corrected chi connectivity index (χ2v) is 3.50. The monoisotopic (exact) mass is 193 g/mol. The van der Waals surface area contributed by atoms with Gasteiger partial charge in [0.25, 0.3) is 0 Å². The number of nitrogens with zero attached hydrogens (tertiary/aromatic N) is 1. The molecule has 14 heavy (non-hydrogen) atoms. The highest BCUT2D eigenvalue weighted by molar-refractivity contribution is 5.31. The Morgan fingerprint density at radius 2 is 1.93 bits per heavy atom. The van der Waals surface area contributed by atoms with Crippen molar-refractivity contribution < 1.29 is 5.11 Å². The molecule has 0 bridgehead atoms. The molecule has 0 saturated heterocycles. The highest BCUT2D eigenvalue weighted by atomic mass is 16.3. The van der Waals surface area contributed by atoms with Crippen LogP contribution >= 0.6 is 0 Å². The molecule has 1 N–H and O–H groups in total. The molecule has 0 fully saturated rings. The van der Waals surface area contributed by atoms with E-state index in [1.165, 1.54) is 0 Å². The Morgan fingerprint density at radius 1 is 1.21 bits per heavy atom. The lowest BCUT2D eigenvalue weighted by atomic mass is 10.2. The molecule has 2 nitrogen and oxygen atoms in total. The van der Waals surface area contributed by atoms with Gasteiger partial charge in [-0.15, -0.1) is 0 Å². The number of rotatable bonds is 5. The molecule has 0 amide bonds. The third kappa shape index (κ3) is 3.04. The molecule has 0 radical (unpaired) electrons. The van der Waals surface area contributed by atoms with E-state index in [9.17, 15) is 5.11 Å². The van der Waals surface area contributed by atoms with Crippen LogP contribution in [-0.2, 0) is 6.54 Å². The largest absolute Gasteiger partial charge is 0.508 e. The van der Waals surface area contributed by atoms with Crippen molar-refractivity contribution in [1.29, 1.82) is 0 Å². The van der Waals surface area contributed by atoms with Crippen molar-refractivity contribution in [3.05, 3.63) is 29.8 Å². The summed E-state index contributed by atoms with van der Waals surface area (Å²) in [5, 5.41) is 9.60. The van der Waals surface area contributed by atoms with E-state index in [1.54, 1.807) is 6.07 Å². The topological polar surface area (TPSA) is 23.5 Å². The van der Waals surface area contributed by atoms with Gasteiger partial charge in [-0.2, -0.15) is 0 Å². The zero-order valence-corrected chi connectivity index (χ0v) is 9.03. The maximum Gasteiger partial charge on any atom is 0.120 e. The van der Waals surface area contributed by atoms with Gasteiger partial charge in [0.05, 0.1) is 0 Å². The summed E-state index contributed by atoms with van der Waals surface area (Å²) in [6.45, 7) is 7.28. The molecule has 0 aliphatic heterocycles. The third-order valence-electron chi connectivity index (χ3n) is 2.37. The van der Waals surface area contributed by atoms with Crippen LogP contribution in [0.2, 0.25) is 0 Å². The van der Waals surface area contributed by atoms with Crippen molar-refractivity contribution in [3.8, 4) is 5.75 Å². The lowest BCUT2D eigenvalue weighted by molar-refractivity contribution is 0.276. The number of aromatic hydroxyl groups is 1.